The second kappa shape index (κ2) is 6.95. The van der Waals surface area contributed by atoms with E-state index in [1.54, 1.807) is 18.4 Å². The molecule has 1 rings (SSSR count). The highest BCUT2D eigenvalue weighted by molar-refractivity contribution is 7.10. The Morgan fingerprint density at radius 3 is 2.80 bits per heavy atom. The van der Waals surface area contributed by atoms with E-state index in [9.17, 15) is 0 Å². The van der Waals surface area contributed by atoms with Crippen LogP contribution < -0.4 is 5.73 Å². The van der Waals surface area contributed by atoms with Crippen LogP contribution in [0.5, 0.6) is 0 Å². The maximum absolute atomic E-state index is 5.72. The lowest BCUT2D eigenvalue weighted by Gasteiger charge is -2.15. The molecular formula is C11H19NO2S. The van der Waals surface area contributed by atoms with Gasteiger partial charge in [0.1, 0.15) is 6.10 Å². The normalized spacial score (nSPS) is 13.0. The van der Waals surface area contributed by atoms with Crippen molar-refractivity contribution in [2.45, 2.75) is 19.4 Å². The molecule has 0 spiro atoms. The first-order valence-electron chi connectivity index (χ1n) is 5.14. The number of hydrogen-bond donors (Lipinski definition) is 1. The Hall–Kier alpha value is -0.420. The Labute approximate surface area is 95.2 Å². The molecule has 0 aliphatic heterocycles. The van der Waals surface area contributed by atoms with E-state index in [-0.39, 0.29) is 6.10 Å². The fraction of sp³-hybridized carbons (Fsp3) is 0.636. The van der Waals surface area contributed by atoms with Crippen LogP contribution in [-0.4, -0.2) is 26.9 Å². The summed E-state index contributed by atoms with van der Waals surface area (Å²) in [5.74, 6) is 0. The predicted octanol–water partition coefficient (Wildman–Crippen LogP) is 2.11. The van der Waals surface area contributed by atoms with Crippen molar-refractivity contribution in [3.8, 4) is 0 Å². The summed E-state index contributed by atoms with van der Waals surface area (Å²) < 4.78 is 10.7. The van der Waals surface area contributed by atoms with E-state index < -0.39 is 0 Å². The Morgan fingerprint density at radius 1 is 1.47 bits per heavy atom. The molecule has 2 N–H and O–H groups in total. The third-order valence-corrected chi connectivity index (χ3v) is 3.33. The number of methoxy groups -OCH3 is 1. The number of aryl methyl sites for hydroxylation is 1. The summed E-state index contributed by atoms with van der Waals surface area (Å²) in [6.45, 7) is 4.06. The van der Waals surface area contributed by atoms with Gasteiger partial charge in [0.05, 0.1) is 0 Å². The highest BCUT2D eigenvalue weighted by Crippen LogP contribution is 2.25. The van der Waals surface area contributed by atoms with Gasteiger partial charge in [-0.15, -0.1) is 11.3 Å². The lowest BCUT2D eigenvalue weighted by atomic mass is 10.2. The van der Waals surface area contributed by atoms with Crippen LogP contribution in [0.4, 0.5) is 0 Å². The summed E-state index contributed by atoms with van der Waals surface area (Å²) in [6.07, 6.45) is 0.957. The summed E-state index contributed by atoms with van der Waals surface area (Å²) in [7, 11) is 1.70. The zero-order valence-corrected chi connectivity index (χ0v) is 10.2. The van der Waals surface area contributed by atoms with Gasteiger partial charge in [0.15, 0.2) is 0 Å². The molecule has 1 aromatic rings. The van der Waals surface area contributed by atoms with Gasteiger partial charge in [-0.25, -0.2) is 0 Å². The Kier molecular flexibility index (Phi) is 5.86. The zero-order valence-electron chi connectivity index (χ0n) is 9.36. The van der Waals surface area contributed by atoms with Gasteiger partial charge >= 0.3 is 0 Å². The zero-order chi connectivity index (χ0) is 11.1. The average molecular weight is 229 g/mol. The van der Waals surface area contributed by atoms with Gasteiger partial charge in [0.25, 0.3) is 0 Å². The standard InChI is InChI=1S/C11H19NO2S/c1-9-4-7-15-11(9)10(8-12)14-6-3-5-13-2/h4,7,10H,3,5-6,8,12H2,1-2H3. The monoisotopic (exact) mass is 229 g/mol. The van der Waals surface area contributed by atoms with Crippen LogP contribution in [0.2, 0.25) is 0 Å². The van der Waals surface area contributed by atoms with Gasteiger partial charge < -0.3 is 15.2 Å². The van der Waals surface area contributed by atoms with Crippen molar-refractivity contribution in [2.24, 2.45) is 5.73 Å². The van der Waals surface area contributed by atoms with Gasteiger partial charge in [-0.1, -0.05) is 0 Å². The van der Waals surface area contributed by atoms with Crippen LogP contribution in [0.3, 0.4) is 0 Å². The van der Waals surface area contributed by atoms with Crippen molar-refractivity contribution in [1.82, 2.24) is 0 Å². The fourth-order valence-corrected chi connectivity index (χ4v) is 2.38. The SMILES string of the molecule is COCCCOC(CN)c1sccc1C. The molecule has 0 bridgehead atoms. The smallest absolute Gasteiger partial charge is 0.104 e. The molecule has 0 aliphatic rings. The van der Waals surface area contributed by atoms with Crippen molar-refractivity contribution in [3.05, 3.63) is 21.9 Å². The average Bonchev–Trinajstić information content (AvgIpc) is 2.65. The molecule has 1 atom stereocenters. The number of hydrogen-bond acceptors (Lipinski definition) is 4. The van der Waals surface area contributed by atoms with Crippen molar-refractivity contribution in [3.63, 3.8) is 0 Å². The maximum Gasteiger partial charge on any atom is 0.104 e. The Bertz CT molecular complexity index is 275. The minimum absolute atomic E-state index is 0.0434. The molecule has 0 amide bonds. The van der Waals surface area contributed by atoms with Gasteiger partial charge in [-0.05, 0) is 30.4 Å². The summed E-state index contributed by atoms with van der Waals surface area (Å²) in [4.78, 5) is 1.25. The van der Waals surface area contributed by atoms with E-state index in [4.69, 9.17) is 15.2 Å². The lowest BCUT2D eigenvalue weighted by Crippen LogP contribution is -2.16. The second-order valence-corrected chi connectivity index (χ2v) is 4.36. The van der Waals surface area contributed by atoms with Crippen LogP contribution in [0.15, 0.2) is 11.4 Å². The first kappa shape index (κ1) is 12.6. The quantitative estimate of drug-likeness (QED) is 0.728. The van der Waals surface area contributed by atoms with Crippen LogP contribution in [0, 0.1) is 6.92 Å². The van der Waals surface area contributed by atoms with Gasteiger partial charge in [-0.3, -0.25) is 0 Å². The molecule has 1 heterocycles. The van der Waals surface area contributed by atoms with E-state index in [2.05, 4.69) is 18.4 Å². The molecule has 0 fully saturated rings. The third kappa shape index (κ3) is 3.91. The number of nitrogens with two attached hydrogens (primary N) is 1. The van der Waals surface area contributed by atoms with E-state index in [0.29, 0.717) is 13.2 Å². The summed E-state index contributed by atoms with van der Waals surface area (Å²) in [5.41, 5.74) is 6.96. The summed E-state index contributed by atoms with van der Waals surface area (Å²) >= 11 is 1.71. The van der Waals surface area contributed by atoms with Crippen molar-refractivity contribution >= 4 is 11.3 Å². The minimum Gasteiger partial charge on any atom is -0.385 e. The molecule has 15 heavy (non-hydrogen) atoms. The molecule has 0 saturated carbocycles. The topological polar surface area (TPSA) is 44.5 Å². The lowest BCUT2D eigenvalue weighted by molar-refractivity contribution is 0.0456. The first-order chi connectivity index (χ1) is 7.29. The molecule has 0 saturated heterocycles. The van der Waals surface area contributed by atoms with E-state index in [1.165, 1.54) is 10.4 Å². The van der Waals surface area contributed by atoms with Crippen molar-refractivity contribution in [2.75, 3.05) is 26.9 Å². The molecule has 1 unspecified atom stereocenters. The Balaban J connectivity index is 2.39. The molecule has 1 aromatic heterocycles. The fourth-order valence-electron chi connectivity index (χ4n) is 1.39. The third-order valence-electron chi connectivity index (χ3n) is 2.22. The molecule has 0 radical (unpaired) electrons. The van der Waals surface area contributed by atoms with Crippen molar-refractivity contribution < 1.29 is 9.47 Å². The Morgan fingerprint density at radius 2 is 2.27 bits per heavy atom. The second-order valence-electron chi connectivity index (χ2n) is 3.41. The van der Waals surface area contributed by atoms with Crippen LogP contribution in [-0.2, 0) is 9.47 Å². The van der Waals surface area contributed by atoms with Crippen LogP contribution in [0.1, 0.15) is 23.0 Å². The minimum atomic E-state index is 0.0434. The van der Waals surface area contributed by atoms with Crippen LogP contribution in [0.25, 0.3) is 0 Å². The van der Waals surface area contributed by atoms with Gasteiger partial charge in [0, 0.05) is 31.7 Å². The maximum atomic E-state index is 5.72. The molecular weight excluding hydrogens is 210 g/mol. The van der Waals surface area contributed by atoms with Gasteiger partial charge in [-0.2, -0.15) is 0 Å². The number of thiophene rings is 1. The molecule has 4 heteroatoms. The number of rotatable bonds is 7. The van der Waals surface area contributed by atoms with Crippen LogP contribution >= 0.6 is 11.3 Å². The van der Waals surface area contributed by atoms with Crippen molar-refractivity contribution in [1.29, 1.82) is 0 Å². The molecule has 0 aromatic carbocycles. The van der Waals surface area contributed by atoms with E-state index in [1.807, 2.05) is 0 Å². The predicted molar refractivity (Wildman–Crippen MR) is 63.3 cm³/mol. The van der Waals surface area contributed by atoms with E-state index in [0.717, 1.165) is 13.0 Å². The molecule has 3 nitrogen and oxygen atoms in total. The summed E-state index contributed by atoms with van der Waals surface area (Å²) in [6, 6.07) is 2.10. The van der Waals surface area contributed by atoms with E-state index >= 15 is 0 Å². The first-order valence-corrected chi connectivity index (χ1v) is 6.02. The summed E-state index contributed by atoms with van der Waals surface area (Å²) in [5, 5.41) is 2.08. The highest BCUT2D eigenvalue weighted by Gasteiger charge is 2.13. The largest absolute Gasteiger partial charge is 0.385 e. The number of ether oxygens (including phenoxy) is 2. The highest BCUT2D eigenvalue weighted by atomic mass is 32.1. The van der Waals surface area contributed by atoms with Gasteiger partial charge in [0.2, 0.25) is 0 Å². The molecule has 86 valence electrons. The molecule has 0 aliphatic carbocycles.